The molecule has 0 fully saturated rings. The van der Waals surface area contributed by atoms with E-state index in [9.17, 15) is 18.0 Å². The van der Waals surface area contributed by atoms with Crippen LogP contribution in [0.1, 0.15) is 15.9 Å². The minimum absolute atomic E-state index is 0.195. The third-order valence-corrected chi connectivity index (χ3v) is 5.25. The van der Waals surface area contributed by atoms with Crippen molar-refractivity contribution in [3.63, 3.8) is 0 Å². The van der Waals surface area contributed by atoms with Gasteiger partial charge in [-0.2, -0.15) is 0 Å². The molecule has 1 aliphatic rings. The molecule has 3 aromatic rings. The SMILES string of the molecule is N=C1c2ccsc2NCN1c1ccc(NC(=O)c2ccc(OC(F)(F)F)cc2)cc1. The summed E-state index contributed by atoms with van der Waals surface area (Å²) < 4.78 is 40.4. The molecule has 1 aliphatic heterocycles. The van der Waals surface area contributed by atoms with E-state index in [1.807, 2.05) is 11.4 Å². The fourth-order valence-electron chi connectivity index (χ4n) is 2.96. The van der Waals surface area contributed by atoms with Crippen LogP contribution in [0, 0.1) is 5.41 Å². The Morgan fingerprint density at radius 2 is 1.80 bits per heavy atom. The molecular weight excluding hydrogens is 417 g/mol. The molecule has 2 heterocycles. The summed E-state index contributed by atoms with van der Waals surface area (Å²) in [6, 6.07) is 13.5. The number of nitrogens with one attached hydrogen (secondary N) is 3. The number of anilines is 3. The first kappa shape index (κ1) is 19.8. The number of thiophene rings is 1. The summed E-state index contributed by atoms with van der Waals surface area (Å²) in [5, 5.41) is 17.2. The molecule has 0 radical (unpaired) electrons. The van der Waals surface area contributed by atoms with Gasteiger partial charge in [0.05, 0.1) is 12.2 Å². The molecule has 1 amide bonds. The van der Waals surface area contributed by atoms with E-state index in [4.69, 9.17) is 5.41 Å². The second-order valence-corrected chi connectivity index (χ2v) is 7.26. The molecule has 0 atom stereocenters. The molecule has 0 bridgehead atoms. The van der Waals surface area contributed by atoms with Gasteiger partial charge in [0.25, 0.3) is 5.91 Å². The van der Waals surface area contributed by atoms with Gasteiger partial charge in [-0.15, -0.1) is 24.5 Å². The highest BCUT2D eigenvalue weighted by Crippen LogP contribution is 2.31. The monoisotopic (exact) mass is 432 g/mol. The molecule has 0 saturated heterocycles. The Hall–Kier alpha value is -3.53. The average Bonchev–Trinajstić information content (AvgIpc) is 3.18. The number of benzene rings is 2. The van der Waals surface area contributed by atoms with E-state index >= 15 is 0 Å². The predicted molar refractivity (Wildman–Crippen MR) is 110 cm³/mol. The van der Waals surface area contributed by atoms with E-state index in [1.165, 1.54) is 12.1 Å². The molecular formula is C20H15F3N4O2S. The van der Waals surface area contributed by atoms with Crippen molar-refractivity contribution in [3.8, 4) is 5.75 Å². The Balaban J connectivity index is 1.41. The fourth-order valence-corrected chi connectivity index (χ4v) is 3.74. The van der Waals surface area contributed by atoms with E-state index in [1.54, 1.807) is 40.5 Å². The summed E-state index contributed by atoms with van der Waals surface area (Å²) >= 11 is 1.55. The summed E-state index contributed by atoms with van der Waals surface area (Å²) in [6.45, 7) is 0.463. The summed E-state index contributed by atoms with van der Waals surface area (Å²) in [6.07, 6.45) is -4.78. The Morgan fingerprint density at radius 1 is 1.10 bits per heavy atom. The van der Waals surface area contributed by atoms with Crippen molar-refractivity contribution in [2.75, 3.05) is 22.2 Å². The average molecular weight is 432 g/mol. The number of ether oxygens (including phenoxy) is 1. The highest BCUT2D eigenvalue weighted by molar-refractivity contribution is 7.14. The largest absolute Gasteiger partial charge is 0.573 e. The zero-order valence-corrected chi connectivity index (χ0v) is 16.1. The maximum absolute atomic E-state index is 12.3. The third kappa shape index (κ3) is 4.23. The molecule has 154 valence electrons. The summed E-state index contributed by atoms with van der Waals surface area (Å²) in [4.78, 5) is 14.1. The zero-order chi connectivity index (χ0) is 21.3. The van der Waals surface area contributed by atoms with Gasteiger partial charge in [0.1, 0.15) is 16.6 Å². The molecule has 0 saturated carbocycles. The Bertz CT molecular complexity index is 1080. The van der Waals surface area contributed by atoms with E-state index in [2.05, 4.69) is 15.4 Å². The van der Waals surface area contributed by atoms with Gasteiger partial charge in [-0.05, 0) is 60.0 Å². The number of fused-ring (bicyclic) bond motifs is 1. The minimum Gasteiger partial charge on any atom is -0.406 e. The Labute approximate surface area is 173 Å². The van der Waals surface area contributed by atoms with Crippen LogP contribution in [0.25, 0.3) is 0 Å². The van der Waals surface area contributed by atoms with Crippen LogP contribution in [0.15, 0.2) is 60.0 Å². The van der Waals surface area contributed by atoms with Gasteiger partial charge in [-0.3, -0.25) is 10.2 Å². The number of carbonyl (C=O) groups is 1. The van der Waals surface area contributed by atoms with Crippen LogP contribution >= 0.6 is 11.3 Å². The van der Waals surface area contributed by atoms with Crippen LogP contribution < -0.4 is 20.3 Å². The number of hydrogen-bond donors (Lipinski definition) is 3. The second kappa shape index (κ2) is 7.71. The number of amides is 1. The number of halogens is 3. The molecule has 3 N–H and O–H groups in total. The molecule has 1 aromatic heterocycles. The van der Waals surface area contributed by atoms with Crippen LogP contribution in [-0.2, 0) is 0 Å². The maximum atomic E-state index is 12.3. The highest BCUT2D eigenvalue weighted by Gasteiger charge is 2.31. The van der Waals surface area contributed by atoms with Crippen LogP contribution in [0.2, 0.25) is 0 Å². The first-order valence-electron chi connectivity index (χ1n) is 8.75. The number of amidine groups is 1. The van der Waals surface area contributed by atoms with Crippen molar-refractivity contribution >= 4 is 39.5 Å². The quantitative estimate of drug-likeness (QED) is 0.535. The maximum Gasteiger partial charge on any atom is 0.573 e. The van der Waals surface area contributed by atoms with Crippen molar-refractivity contribution in [3.05, 3.63) is 71.1 Å². The fraction of sp³-hybridized carbons (Fsp3) is 0.100. The van der Waals surface area contributed by atoms with Gasteiger partial charge in [0.2, 0.25) is 0 Å². The molecule has 10 heteroatoms. The Morgan fingerprint density at radius 3 is 2.47 bits per heavy atom. The first-order valence-corrected chi connectivity index (χ1v) is 9.63. The van der Waals surface area contributed by atoms with Gasteiger partial charge in [-0.1, -0.05) is 0 Å². The van der Waals surface area contributed by atoms with Gasteiger partial charge in [0.15, 0.2) is 0 Å². The molecule has 2 aromatic carbocycles. The number of nitrogens with zero attached hydrogens (tertiary/aromatic N) is 1. The zero-order valence-electron chi connectivity index (χ0n) is 15.3. The number of carbonyl (C=O) groups excluding carboxylic acids is 1. The lowest BCUT2D eigenvalue weighted by Crippen LogP contribution is -2.39. The highest BCUT2D eigenvalue weighted by atomic mass is 32.1. The Kier molecular flexibility index (Phi) is 5.08. The molecule has 30 heavy (non-hydrogen) atoms. The van der Waals surface area contributed by atoms with Crippen molar-refractivity contribution in [1.82, 2.24) is 0 Å². The van der Waals surface area contributed by atoms with E-state index in [0.29, 0.717) is 18.2 Å². The minimum atomic E-state index is -4.78. The van der Waals surface area contributed by atoms with Gasteiger partial charge in [-0.25, -0.2) is 0 Å². The lowest BCUT2D eigenvalue weighted by Gasteiger charge is -2.30. The van der Waals surface area contributed by atoms with E-state index in [-0.39, 0.29) is 5.56 Å². The van der Waals surface area contributed by atoms with Crippen molar-refractivity contribution < 1.29 is 22.7 Å². The van der Waals surface area contributed by atoms with Crippen LogP contribution in [0.3, 0.4) is 0 Å². The van der Waals surface area contributed by atoms with E-state index < -0.39 is 18.0 Å². The normalized spacial score (nSPS) is 13.4. The molecule has 0 spiro atoms. The van der Waals surface area contributed by atoms with Crippen molar-refractivity contribution in [1.29, 1.82) is 5.41 Å². The predicted octanol–water partition coefficient (Wildman–Crippen LogP) is 5.11. The van der Waals surface area contributed by atoms with Crippen LogP contribution in [0.4, 0.5) is 29.5 Å². The van der Waals surface area contributed by atoms with Crippen LogP contribution in [0.5, 0.6) is 5.75 Å². The summed E-state index contributed by atoms with van der Waals surface area (Å²) in [5.41, 5.74) is 2.34. The smallest absolute Gasteiger partial charge is 0.406 e. The topological polar surface area (TPSA) is 77.5 Å². The molecule has 0 unspecified atom stereocenters. The number of alkyl halides is 3. The van der Waals surface area contributed by atoms with Gasteiger partial charge < -0.3 is 20.3 Å². The first-order chi connectivity index (χ1) is 14.3. The van der Waals surface area contributed by atoms with Gasteiger partial charge >= 0.3 is 6.36 Å². The number of rotatable bonds is 4. The lowest BCUT2D eigenvalue weighted by molar-refractivity contribution is -0.274. The van der Waals surface area contributed by atoms with Crippen LogP contribution in [-0.4, -0.2) is 24.8 Å². The second-order valence-electron chi connectivity index (χ2n) is 6.35. The molecule has 4 rings (SSSR count). The third-order valence-electron chi connectivity index (χ3n) is 4.37. The summed E-state index contributed by atoms with van der Waals surface area (Å²) in [7, 11) is 0. The molecule has 0 aliphatic carbocycles. The molecule has 6 nitrogen and oxygen atoms in total. The van der Waals surface area contributed by atoms with Crippen molar-refractivity contribution in [2.45, 2.75) is 6.36 Å². The lowest BCUT2D eigenvalue weighted by atomic mass is 10.1. The number of hydrogen-bond acceptors (Lipinski definition) is 5. The van der Waals surface area contributed by atoms with Gasteiger partial charge in [0, 0.05) is 16.9 Å². The standard InChI is InChI=1S/C20H15F3N4O2S/c21-20(22,23)29-15-7-1-12(2-8-15)18(28)26-13-3-5-14(6-4-13)27-11-25-19-16(17(27)24)9-10-30-19/h1-10,24-25H,11H2,(H,26,28). The van der Waals surface area contributed by atoms with Crippen molar-refractivity contribution in [2.24, 2.45) is 0 Å². The summed E-state index contributed by atoms with van der Waals surface area (Å²) in [5.74, 6) is -0.464. The van der Waals surface area contributed by atoms with E-state index in [0.717, 1.165) is 28.4 Å².